The average Bonchev–Trinajstić information content (AvgIpc) is 3.14. The number of pyridine rings is 1. The van der Waals surface area contributed by atoms with E-state index in [9.17, 15) is 9.59 Å². The minimum atomic E-state index is -0.383. The molecule has 1 N–H and O–H groups in total. The molecule has 2 aromatic heterocycles. The molecule has 0 saturated carbocycles. The van der Waals surface area contributed by atoms with Crippen LogP contribution in [0.2, 0.25) is 0 Å². The maximum atomic E-state index is 13.0. The number of nitrogens with zero attached hydrogens (tertiary/aromatic N) is 3. The molecule has 3 heterocycles. The van der Waals surface area contributed by atoms with Crippen molar-refractivity contribution in [1.29, 1.82) is 0 Å². The Labute approximate surface area is 162 Å². The minimum Gasteiger partial charge on any atom is -0.495 e. The largest absolute Gasteiger partial charge is 0.495 e. The summed E-state index contributed by atoms with van der Waals surface area (Å²) in [4.78, 5) is 32.2. The number of amides is 2. The molecule has 7 heteroatoms. The second-order valence-electron chi connectivity index (χ2n) is 6.75. The lowest BCUT2D eigenvalue weighted by atomic mass is 10.1. The zero-order valence-corrected chi connectivity index (χ0v) is 15.7. The van der Waals surface area contributed by atoms with Crippen LogP contribution >= 0.6 is 0 Å². The SMILES string of the molecule is COc1ccccc1NC(=O)c1nc(C(=O)N2CCCCC2)n2ccccc12. The number of aromatic nitrogens is 2. The smallest absolute Gasteiger partial charge is 0.290 e. The summed E-state index contributed by atoms with van der Waals surface area (Å²) in [6.07, 6.45) is 4.89. The quantitative estimate of drug-likeness (QED) is 0.756. The standard InChI is InChI=1S/C21H22N4O3/c1-28-17-11-4-3-9-15(17)22-20(26)18-16-10-5-8-14-25(16)19(23-18)21(27)24-12-6-2-7-13-24/h3-5,8-11,14H,2,6-7,12-13H2,1H3,(H,22,26). The van der Waals surface area contributed by atoms with Gasteiger partial charge in [0.15, 0.2) is 5.69 Å². The van der Waals surface area contributed by atoms with E-state index < -0.39 is 0 Å². The van der Waals surface area contributed by atoms with Crippen LogP contribution in [-0.4, -0.2) is 46.3 Å². The molecular formula is C21H22N4O3. The Morgan fingerprint density at radius 1 is 1.04 bits per heavy atom. The molecule has 1 aromatic carbocycles. The number of fused-ring (bicyclic) bond motifs is 1. The predicted octanol–water partition coefficient (Wildman–Crippen LogP) is 3.22. The van der Waals surface area contributed by atoms with Crippen LogP contribution in [0.25, 0.3) is 5.52 Å². The van der Waals surface area contributed by atoms with Gasteiger partial charge in [-0.15, -0.1) is 0 Å². The first-order chi connectivity index (χ1) is 13.7. The van der Waals surface area contributed by atoms with E-state index in [0.29, 0.717) is 17.0 Å². The molecule has 0 atom stereocenters. The van der Waals surface area contributed by atoms with Crippen molar-refractivity contribution in [2.75, 3.05) is 25.5 Å². The fourth-order valence-electron chi connectivity index (χ4n) is 3.52. The summed E-state index contributed by atoms with van der Waals surface area (Å²) in [7, 11) is 1.55. The summed E-state index contributed by atoms with van der Waals surface area (Å²) >= 11 is 0. The first-order valence-corrected chi connectivity index (χ1v) is 9.40. The topological polar surface area (TPSA) is 75.9 Å². The molecule has 0 bridgehead atoms. The summed E-state index contributed by atoms with van der Waals surface area (Å²) in [6, 6.07) is 12.6. The van der Waals surface area contributed by atoms with Gasteiger partial charge in [0.25, 0.3) is 11.8 Å². The van der Waals surface area contributed by atoms with Crippen molar-refractivity contribution in [3.8, 4) is 5.75 Å². The fourth-order valence-corrected chi connectivity index (χ4v) is 3.52. The van der Waals surface area contributed by atoms with Crippen LogP contribution in [0.5, 0.6) is 5.75 Å². The lowest BCUT2D eigenvalue weighted by Gasteiger charge is -2.25. The van der Waals surface area contributed by atoms with E-state index in [1.54, 1.807) is 35.9 Å². The first kappa shape index (κ1) is 18.0. The van der Waals surface area contributed by atoms with Crippen LogP contribution in [0.3, 0.4) is 0 Å². The van der Waals surface area contributed by atoms with Gasteiger partial charge in [0.2, 0.25) is 5.82 Å². The summed E-state index contributed by atoms with van der Waals surface area (Å²) in [6.45, 7) is 1.45. The van der Waals surface area contributed by atoms with Crippen LogP contribution in [0.15, 0.2) is 48.7 Å². The van der Waals surface area contributed by atoms with Crippen LogP contribution < -0.4 is 10.1 Å². The van der Waals surface area contributed by atoms with Crippen LogP contribution in [-0.2, 0) is 0 Å². The van der Waals surface area contributed by atoms with E-state index >= 15 is 0 Å². The van der Waals surface area contributed by atoms with Gasteiger partial charge < -0.3 is 15.0 Å². The number of carbonyl (C=O) groups is 2. The number of piperidine rings is 1. The zero-order valence-electron chi connectivity index (χ0n) is 15.7. The van der Waals surface area contributed by atoms with Gasteiger partial charge in [-0.1, -0.05) is 18.2 Å². The van der Waals surface area contributed by atoms with Crippen molar-refractivity contribution in [2.24, 2.45) is 0 Å². The molecule has 7 nitrogen and oxygen atoms in total. The van der Waals surface area contributed by atoms with E-state index in [0.717, 1.165) is 32.4 Å². The third kappa shape index (κ3) is 3.31. The first-order valence-electron chi connectivity index (χ1n) is 9.40. The number of carbonyl (C=O) groups excluding carboxylic acids is 2. The number of benzene rings is 1. The number of para-hydroxylation sites is 2. The second kappa shape index (κ2) is 7.72. The highest BCUT2D eigenvalue weighted by molar-refractivity contribution is 6.09. The van der Waals surface area contributed by atoms with Gasteiger partial charge >= 0.3 is 0 Å². The molecule has 0 unspecified atom stereocenters. The lowest BCUT2D eigenvalue weighted by Crippen LogP contribution is -2.36. The summed E-state index contributed by atoms with van der Waals surface area (Å²) in [5, 5.41) is 2.84. The summed E-state index contributed by atoms with van der Waals surface area (Å²) in [5.74, 6) is 0.301. The summed E-state index contributed by atoms with van der Waals surface area (Å²) < 4.78 is 6.98. The number of nitrogens with one attached hydrogen (secondary N) is 1. The van der Waals surface area contributed by atoms with Crippen molar-refractivity contribution in [1.82, 2.24) is 14.3 Å². The van der Waals surface area contributed by atoms with E-state index in [1.807, 2.05) is 29.2 Å². The predicted molar refractivity (Wildman–Crippen MR) is 106 cm³/mol. The molecule has 0 radical (unpaired) electrons. The van der Waals surface area contributed by atoms with Crippen molar-refractivity contribution < 1.29 is 14.3 Å². The average molecular weight is 378 g/mol. The van der Waals surface area contributed by atoms with Crippen LogP contribution in [0.1, 0.15) is 40.4 Å². The Hall–Kier alpha value is -3.35. The van der Waals surface area contributed by atoms with E-state index in [4.69, 9.17) is 4.74 Å². The number of likely N-dealkylation sites (tertiary alicyclic amines) is 1. The third-order valence-electron chi connectivity index (χ3n) is 4.95. The Morgan fingerprint density at radius 3 is 2.57 bits per heavy atom. The highest BCUT2D eigenvalue weighted by Gasteiger charge is 2.26. The molecule has 28 heavy (non-hydrogen) atoms. The number of rotatable bonds is 4. The zero-order chi connectivity index (χ0) is 19.5. The van der Waals surface area contributed by atoms with Crippen LogP contribution in [0, 0.1) is 0 Å². The number of hydrogen-bond donors (Lipinski definition) is 1. The Bertz CT molecular complexity index is 1020. The highest BCUT2D eigenvalue weighted by Crippen LogP contribution is 2.25. The molecule has 0 aliphatic carbocycles. The molecule has 144 valence electrons. The van der Waals surface area contributed by atoms with Crippen LogP contribution in [0.4, 0.5) is 5.69 Å². The molecule has 1 aliphatic rings. The maximum absolute atomic E-state index is 13.0. The Balaban J connectivity index is 1.69. The highest BCUT2D eigenvalue weighted by atomic mass is 16.5. The van der Waals surface area contributed by atoms with Gasteiger partial charge in [0.05, 0.1) is 18.3 Å². The Kier molecular flexibility index (Phi) is 4.97. The molecule has 0 spiro atoms. The minimum absolute atomic E-state index is 0.141. The number of imidazole rings is 1. The second-order valence-corrected chi connectivity index (χ2v) is 6.75. The van der Waals surface area contributed by atoms with Crippen molar-refractivity contribution in [3.63, 3.8) is 0 Å². The molecule has 1 aliphatic heterocycles. The van der Waals surface area contributed by atoms with Crippen molar-refractivity contribution >= 4 is 23.0 Å². The number of methoxy groups -OCH3 is 1. The van der Waals surface area contributed by atoms with Gasteiger partial charge in [0.1, 0.15) is 5.75 Å². The lowest BCUT2D eigenvalue weighted by molar-refractivity contribution is 0.0711. The molecule has 4 rings (SSSR count). The van der Waals surface area contributed by atoms with Gasteiger partial charge in [-0.05, 0) is 43.5 Å². The van der Waals surface area contributed by atoms with Crippen molar-refractivity contribution in [2.45, 2.75) is 19.3 Å². The number of ether oxygens (including phenoxy) is 1. The van der Waals surface area contributed by atoms with E-state index in [-0.39, 0.29) is 23.3 Å². The summed E-state index contributed by atoms with van der Waals surface area (Å²) in [5.41, 5.74) is 1.36. The molecular weight excluding hydrogens is 356 g/mol. The van der Waals surface area contributed by atoms with Crippen molar-refractivity contribution in [3.05, 3.63) is 60.2 Å². The number of hydrogen-bond acceptors (Lipinski definition) is 4. The van der Waals surface area contributed by atoms with Gasteiger partial charge in [0, 0.05) is 19.3 Å². The fraction of sp³-hybridized carbons (Fsp3) is 0.286. The van der Waals surface area contributed by atoms with E-state index in [2.05, 4.69) is 10.3 Å². The van der Waals surface area contributed by atoms with Gasteiger partial charge in [-0.2, -0.15) is 0 Å². The normalized spacial score (nSPS) is 14.1. The maximum Gasteiger partial charge on any atom is 0.290 e. The molecule has 2 amide bonds. The number of anilines is 1. The molecule has 1 saturated heterocycles. The van der Waals surface area contributed by atoms with Gasteiger partial charge in [-0.25, -0.2) is 4.98 Å². The monoisotopic (exact) mass is 378 g/mol. The van der Waals surface area contributed by atoms with Gasteiger partial charge in [-0.3, -0.25) is 14.0 Å². The van der Waals surface area contributed by atoms with E-state index in [1.165, 1.54) is 0 Å². The molecule has 3 aromatic rings. The molecule has 1 fully saturated rings. The Morgan fingerprint density at radius 2 is 1.79 bits per heavy atom. The third-order valence-corrected chi connectivity index (χ3v) is 4.95.